The van der Waals surface area contributed by atoms with Crippen LogP contribution in [0.25, 0.3) is 0 Å². The van der Waals surface area contributed by atoms with Crippen LogP contribution in [0.5, 0.6) is 0 Å². The van der Waals surface area contributed by atoms with Gasteiger partial charge in [-0.15, -0.1) is 0 Å². The number of nitrogens with zero attached hydrogens (tertiary/aromatic N) is 1. The van der Waals surface area contributed by atoms with Gasteiger partial charge in [0.25, 0.3) is 0 Å². The van der Waals surface area contributed by atoms with Crippen LogP contribution in [-0.2, 0) is 11.3 Å². The van der Waals surface area contributed by atoms with E-state index in [1.807, 2.05) is 0 Å². The zero-order valence-electron chi connectivity index (χ0n) is 13.3. The van der Waals surface area contributed by atoms with Gasteiger partial charge >= 0.3 is 0 Å². The summed E-state index contributed by atoms with van der Waals surface area (Å²) in [5.74, 6) is 0. The molecular weight excluding hydrogens is 316 g/mol. The lowest BCUT2D eigenvalue weighted by Gasteiger charge is -2.24. The van der Waals surface area contributed by atoms with Crippen molar-refractivity contribution < 1.29 is 4.74 Å². The molecule has 114 valence electrons. The maximum atomic E-state index is 5.16. The maximum Gasteiger partial charge on any atom is 0.0637 e. The molecule has 1 aromatic rings. The topological polar surface area (TPSA) is 24.5 Å². The van der Waals surface area contributed by atoms with Gasteiger partial charge in [-0.25, -0.2) is 0 Å². The number of anilines is 1. The minimum absolute atomic E-state index is 0.131. The number of likely N-dealkylation sites (N-methyl/N-ethyl adjacent to an activating group) is 1. The van der Waals surface area contributed by atoms with Crippen LogP contribution < -0.4 is 10.2 Å². The molecule has 1 rings (SSSR count). The van der Waals surface area contributed by atoms with Crippen LogP contribution in [0.4, 0.5) is 5.69 Å². The molecule has 0 radical (unpaired) electrons. The number of ether oxygens (including phenoxy) is 1. The molecule has 1 N–H and O–H groups in total. The summed E-state index contributed by atoms with van der Waals surface area (Å²) in [4.78, 5) is 2.31. The fraction of sp³-hybridized carbons (Fsp3) is 0.625. The number of halogens is 1. The van der Waals surface area contributed by atoms with Gasteiger partial charge < -0.3 is 15.0 Å². The molecule has 0 heterocycles. The Morgan fingerprint density at radius 3 is 2.50 bits per heavy atom. The van der Waals surface area contributed by atoms with E-state index in [1.54, 1.807) is 7.11 Å². The molecule has 0 aliphatic heterocycles. The molecule has 0 saturated heterocycles. The summed E-state index contributed by atoms with van der Waals surface area (Å²) in [7, 11) is 1.74. The summed E-state index contributed by atoms with van der Waals surface area (Å²) < 4.78 is 6.32. The number of benzene rings is 1. The number of hydrogen-bond donors (Lipinski definition) is 1. The van der Waals surface area contributed by atoms with Gasteiger partial charge in [-0.3, -0.25) is 0 Å². The van der Waals surface area contributed by atoms with Crippen molar-refractivity contribution in [2.24, 2.45) is 0 Å². The molecule has 0 aliphatic carbocycles. The highest BCUT2D eigenvalue weighted by Gasteiger charge is 2.11. The molecule has 0 aliphatic rings. The second-order valence-corrected chi connectivity index (χ2v) is 6.81. The largest absolute Gasteiger partial charge is 0.383 e. The van der Waals surface area contributed by atoms with Crippen LogP contribution in [0.3, 0.4) is 0 Å². The molecule has 1 aromatic carbocycles. The summed E-state index contributed by atoms with van der Waals surface area (Å²) in [6.45, 7) is 12.2. The van der Waals surface area contributed by atoms with Gasteiger partial charge in [-0.2, -0.15) is 0 Å². The molecule has 0 bridgehead atoms. The molecular formula is C16H27BrN2O. The Balaban J connectivity index is 2.75. The van der Waals surface area contributed by atoms with Crippen LogP contribution in [-0.4, -0.2) is 32.3 Å². The maximum absolute atomic E-state index is 5.16. The lowest BCUT2D eigenvalue weighted by atomic mass is 10.1. The van der Waals surface area contributed by atoms with Crippen molar-refractivity contribution in [1.29, 1.82) is 0 Å². The van der Waals surface area contributed by atoms with Crippen LogP contribution in [0.1, 0.15) is 33.3 Å². The predicted octanol–water partition coefficient (Wildman–Crippen LogP) is 3.81. The third-order valence-corrected chi connectivity index (χ3v) is 3.90. The van der Waals surface area contributed by atoms with Crippen molar-refractivity contribution in [2.45, 2.75) is 39.8 Å². The highest BCUT2D eigenvalue weighted by atomic mass is 79.9. The van der Waals surface area contributed by atoms with Crippen LogP contribution >= 0.6 is 15.9 Å². The number of nitrogens with one attached hydrogen (secondary N) is 1. The average molecular weight is 343 g/mol. The second kappa shape index (κ2) is 8.01. The van der Waals surface area contributed by atoms with Gasteiger partial charge in [0.2, 0.25) is 0 Å². The molecule has 20 heavy (non-hydrogen) atoms. The van der Waals surface area contributed by atoms with Gasteiger partial charge in [0.05, 0.1) is 6.61 Å². The Labute approximate surface area is 131 Å². The smallest absolute Gasteiger partial charge is 0.0637 e. The number of hydrogen-bond acceptors (Lipinski definition) is 3. The summed E-state index contributed by atoms with van der Waals surface area (Å²) >= 11 is 3.68. The van der Waals surface area contributed by atoms with Crippen molar-refractivity contribution in [2.75, 3.05) is 31.7 Å². The predicted molar refractivity (Wildman–Crippen MR) is 90.5 cm³/mol. The third-order valence-electron chi connectivity index (χ3n) is 3.16. The highest BCUT2D eigenvalue weighted by molar-refractivity contribution is 9.10. The van der Waals surface area contributed by atoms with Crippen molar-refractivity contribution in [3.05, 3.63) is 28.2 Å². The van der Waals surface area contributed by atoms with E-state index >= 15 is 0 Å². The van der Waals surface area contributed by atoms with Gasteiger partial charge in [0.1, 0.15) is 0 Å². The van der Waals surface area contributed by atoms with E-state index in [4.69, 9.17) is 4.74 Å². The van der Waals surface area contributed by atoms with Gasteiger partial charge in [-0.05, 0) is 45.4 Å². The van der Waals surface area contributed by atoms with E-state index < -0.39 is 0 Å². The molecule has 3 nitrogen and oxygen atoms in total. The monoisotopic (exact) mass is 342 g/mol. The van der Waals surface area contributed by atoms with E-state index in [2.05, 4.69) is 72.0 Å². The quantitative estimate of drug-likeness (QED) is 0.815. The van der Waals surface area contributed by atoms with Crippen LogP contribution in [0, 0.1) is 0 Å². The van der Waals surface area contributed by atoms with Crippen LogP contribution in [0.15, 0.2) is 22.7 Å². The Bertz CT molecular complexity index is 415. The molecule has 0 spiro atoms. The summed E-state index contributed by atoms with van der Waals surface area (Å²) in [5, 5.41) is 3.51. The molecule has 0 unspecified atom stereocenters. The normalized spacial score (nSPS) is 11.7. The number of rotatable bonds is 7. The first-order valence-electron chi connectivity index (χ1n) is 7.14. The van der Waals surface area contributed by atoms with Gasteiger partial charge in [0, 0.05) is 42.4 Å². The van der Waals surface area contributed by atoms with E-state index in [1.165, 1.54) is 11.3 Å². The molecule has 0 atom stereocenters. The zero-order valence-corrected chi connectivity index (χ0v) is 14.9. The minimum Gasteiger partial charge on any atom is -0.383 e. The Morgan fingerprint density at radius 1 is 1.30 bits per heavy atom. The van der Waals surface area contributed by atoms with Crippen molar-refractivity contribution in [3.63, 3.8) is 0 Å². The first-order valence-corrected chi connectivity index (χ1v) is 7.94. The van der Waals surface area contributed by atoms with E-state index in [0.29, 0.717) is 0 Å². The molecule has 0 fully saturated rings. The van der Waals surface area contributed by atoms with Gasteiger partial charge in [-0.1, -0.05) is 22.0 Å². The fourth-order valence-corrected chi connectivity index (χ4v) is 2.41. The fourth-order valence-electron chi connectivity index (χ4n) is 1.91. The van der Waals surface area contributed by atoms with Gasteiger partial charge in [0.15, 0.2) is 0 Å². The first-order chi connectivity index (χ1) is 9.37. The Kier molecular flexibility index (Phi) is 7.00. The Hall–Kier alpha value is -0.580. The summed E-state index contributed by atoms with van der Waals surface area (Å²) in [6, 6.07) is 6.57. The van der Waals surface area contributed by atoms with E-state index in [0.717, 1.165) is 30.7 Å². The lowest BCUT2D eigenvalue weighted by Crippen LogP contribution is -2.35. The summed E-state index contributed by atoms with van der Waals surface area (Å²) in [6.07, 6.45) is 0. The highest BCUT2D eigenvalue weighted by Crippen LogP contribution is 2.24. The van der Waals surface area contributed by atoms with Crippen molar-refractivity contribution >= 4 is 21.6 Å². The second-order valence-electron chi connectivity index (χ2n) is 5.95. The molecule has 0 amide bonds. The number of methoxy groups -OCH3 is 1. The molecule has 0 saturated carbocycles. The standard InChI is InChI=1S/C16H27BrN2O/c1-6-19(9-10-20-5)14-8-7-13(15(17)11-14)12-18-16(2,3)4/h7-8,11,18H,6,9-10,12H2,1-5H3. The zero-order chi connectivity index (χ0) is 15.2. The third kappa shape index (κ3) is 5.81. The average Bonchev–Trinajstić information content (AvgIpc) is 2.37. The lowest BCUT2D eigenvalue weighted by molar-refractivity contribution is 0.205. The van der Waals surface area contributed by atoms with E-state index in [-0.39, 0.29) is 5.54 Å². The Morgan fingerprint density at radius 2 is 2.00 bits per heavy atom. The minimum atomic E-state index is 0.131. The van der Waals surface area contributed by atoms with Crippen LogP contribution in [0.2, 0.25) is 0 Å². The first kappa shape index (κ1) is 17.5. The molecule has 4 heteroatoms. The molecule has 0 aromatic heterocycles. The van der Waals surface area contributed by atoms with Crippen molar-refractivity contribution in [1.82, 2.24) is 5.32 Å². The van der Waals surface area contributed by atoms with Crippen molar-refractivity contribution in [3.8, 4) is 0 Å². The van der Waals surface area contributed by atoms with E-state index in [9.17, 15) is 0 Å². The SMILES string of the molecule is CCN(CCOC)c1ccc(CNC(C)(C)C)c(Br)c1. The summed E-state index contributed by atoms with van der Waals surface area (Å²) in [5.41, 5.74) is 2.65.